The molecule has 0 aliphatic carbocycles. The minimum Gasteiger partial charge on any atom is -0.277 e. The van der Waals surface area contributed by atoms with E-state index in [4.69, 9.17) is 19.9 Å². The lowest BCUT2D eigenvalue weighted by Gasteiger charge is -2.11. The van der Waals surface area contributed by atoms with E-state index in [2.05, 4.69) is 58.1 Å². The summed E-state index contributed by atoms with van der Waals surface area (Å²) < 4.78 is 7.01. The molecular formula is C37H20N6S2. The molecule has 8 heteroatoms. The largest absolute Gasteiger partial charge is 0.277 e. The van der Waals surface area contributed by atoms with Crippen molar-refractivity contribution < 1.29 is 0 Å². The third kappa shape index (κ3) is 3.58. The van der Waals surface area contributed by atoms with Crippen LogP contribution in [0.25, 0.3) is 91.0 Å². The van der Waals surface area contributed by atoms with Crippen molar-refractivity contribution in [3.05, 3.63) is 122 Å². The topological polar surface area (TPSA) is 69.4 Å². The Morgan fingerprint density at radius 3 is 1.91 bits per heavy atom. The minimum absolute atomic E-state index is 0.573. The zero-order chi connectivity index (χ0) is 29.5. The minimum atomic E-state index is 0.573. The van der Waals surface area contributed by atoms with Crippen molar-refractivity contribution >= 4 is 85.0 Å². The molecule has 0 bridgehead atoms. The van der Waals surface area contributed by atoms with Gasteiger partial charge in [-0.15, -0.1) is 22.7 Å². The quantitative estimate of drug-likeness (QED) is 0.199. The smallest absolute Gasteiger partial charge is 0.238 e. The number of hydrogen-bond donors (Lipinski definition) is 0. The molecular weight excluding hydrogens is 593 g/mol. The van der Waals surface area contributed by atoms with Gasteiger partial charge in [0.2, 0.25) is 5.95 Å². The maximum atomic E-state index is 5.18. The monoisotopic (exact) mass is 612 g/mol. The Bertz CT molecular complexity index is 2670. The number of aromatic nitrogens is 6. The van der Waals surface area contributed by atoms with Crippen LogP contribution in [0, 0.1) is 0 Å². The molecule has 5 aromatic heterocycles. The van der Waals surface area contributed by atoms with Gasteiger partial charge in [0.15, 0.2) is 11.6 Å². The van der Waals surface area contributed by atoms with Crippen LogP contribution in [0.2, 0.25) is 0 Å². The molecule has 0 unspecified atom stereocenters. The van der Waals surface area contributed by atoms with E-state index in [1.54, 1.807) is 17.7 Å². The summed E-state index contributed by atoms with van der Waals surface area (Å²) in [6.07, 6.45) is 3.57. The lowest BCUT2D eigenvalue weighted by atomic mass is 10.0. The Morgan fingerprint density at radius 2 is 1.16 bits per heavy atom. The molecule has 10 aromatic rings. The molecule has 0 atom stereocenters. The summed E-state index contributed by atoms with van der Waals surface area (Å²) in [5.41, 5.74) is 4.91. The molecule has 0 aliphatic rings. The highest BCUT2D eigenvalue weighted by Gasteiger charge is 2.26. The van der Waals surface area contributed by atoms with Crippen molar-refractivity contribution in [2.45, 2.75) is 0 Å². The molecule has 0 N–H and O–H groups in total. The first-order valence-corrected chi connectivity index (χ1v) is 16.2. The second-order valence-corrected chi connectivity index (χ2v) is 13.0. The van der Waals surface area contributed by atoms with Gasteiger partial charge in [-0.3, -0.25) is 4.57 Å². The van der Waals surface area contributed by atoms with Crippen LogP contribution in [0.1, 0.15) is 0 Å². The third-order valence-electron chi connectivity index (χ3n) is 8.40. The molecule has 210 valence electrons. The average Bonchev–Trinajstić information content (AvgIpc) is 3.78. The Morgan fingerprint density at radius 1 is 0.533 bits per heavy atom. The number of nitrogens with zero attached hydrogens (tertiary/aromatic N) is 6. The highest BCUT2D eigenvalue weighted by Crippen LogP contribution is 2.51. The number of para-hydroxylation sites is 1. The van der Waals surface area contributed by atoms with E-state index in [0.717, 1.165) is 43.1 Å². The van der Waals surface area contributed by atoms with Crippen molar-refractivity contribution in [1.82, 2.24) is 29.5 Å². The molecule has 5 heterocycles. The van der Waals surface area contributed by atoms with Crippen molar-refractivity contribution in [3.8, 4) is 28.7 Å². The fourth-order valence-electron chi connectivity index (χ4n) is 6.50. The molecule has 45 heavy (non-hydrogen) atoms. The van der Waals surface area contributed by atoms with Crippen LogP contribution in [0.4, 0.5) is 0 Å². The second kappa shape index (κ2) is 9.46. The summed E-state index contributed by atoms with van der Waals surface area (Å²) in [5.74, 6) is 1.83. The average molecular weight is 613 g/mol. The van der Waals surface area contributed by atoms with Crippen LogP contribution in [0.15, 0.2) is 122 Å². The van der Waals surface area contributed by atoms with Gasteiger partial charge in [0.25, 0.3) is 0 Å². The molecule has 0 radical (unpaired) electrons. The highest BCUT2D eigenvalue weighted by atomic mass is 32.1. The third-order valence-corrected chi connectivity index (χ3v) is 10.7. The first-order valence-electron chi connectivity index (χ1n) is 14.6. The molecule has 0 saturated carbocycles. The summed E-state index contributed by atoms with van der Waals surface area (Å²) >= 11 is 3.60. The Labute approximate surface area is 263 Å². The first kappa shape index (κ1) is 24.8. The van der Waals surface area contributed by atoms with E-state index in [0.29, 0.717) is 17.6 Å². The van der Waals surface area contributed by atoms with Gasteiger partial charge in [0.1, 0.15) is 6.33 Å². The normalized spacial score (nSPS) is 12.0. The highest BCUT2D eigenvalue weighted by molar-refractivity contribution is 7.30. The van der Waals surface area contributed by atoms with Gasteiger partial charge < -0.3 is 0 Å². The zero-order valence-corrected chi connectivity index (χ0v) is 25.2. The number of fused-ring (bicyclic) bond motifs is 12. The van der Waals surface area contributed by atoms with Gasteiger partial charge in [-0.2, -0.15) is 9.97 Å². The van der Waals surface area contributed by atoms with Crippen LogP contribution in [0.5, 0.6) is 0 Å². The van der Waals surface area contributed by atoms with Crippen LogP contribution < -0.4 is 0 Å². The zero-order valence-electron chi connectivity index (χ0n) is 23.5. The molecule has 0 aliphatic heterocycles. The van der Waals surface area contributed by atoms with Crippen LogP contribution in [-0.4, -0.2) is 29.5 Å². The van der Waals surface area contributed by atoms with E-state index in [1.807, 2.05) is 78.2 Å². The van der Waals surface area contributed by atoms with Crippen molar-refractivity contribution in [2.24, 2.45) is 0 Å². The maximum Gasteiger partial charge on any atom is 0.238 e. The SMILES string of the molecule is c1ccc(-c2nc(-c3ccccc3)nc(-n3c4ccccc4c4c5sc6ccccc6c5c5sc6cncnc6c5c43)n2)cc1. The molecule has 10 rings (SSSR count). The van der Waals surface area contributed by atoms with Gasteiger partial charge in [0.05, 0.1) is 21.3 Å². The number of benzene rings is 5. The van der Waals surface area contributed by atoms with E-state index in [-0.39, 0.29) is 0 Å². The lowest BCUT2D eigenvalue weighted by Crippen LogP contribution is -2.06. The second-order valence-electron chi connectivity index (χ2n) is 10.9. The summed E-state index contributed by atoms with van der Waals surface area (Å²) in [7, 11) is 0. The van der Waals surface area contributed by atoms with Gasteiger partial charge >= 0.3 is 0 Å². The molecule has 0 amide bonds. The van der Waals surface area contributed by atoms with Crippen molar-refractivity contribution in [2.75, 3.05) is 0 Å². The molecule has 0 saturated heterocycles. The Balaban J connectivity index is 1.45. The van der Waals surface area contributed by atoms with Crippen molar-refractivity contribution in [3.63, 3.8) is 0 Å². The van der Waals surface area contributed by atoms with Gasteiger partial charge in [0, 0.05) is 58.4 Å². The predicted octanol–water partition coefficient (Wildman–Crippen LogP) is 9.83. The van der Waals surface area contributed by atoms with Crippen LogP contribution in [0.3, 0.4) is 0 Å². The van der Waals surface area contributed by atoms with E-state index in [1.165, 1.54) is 30.3 Å². The molecule has 6 nitrogen and oxygen atoms in total. The summed E-state index contributed by atoms with van der Waals surface area (Å²) in [4.78, 5) is 24.6. The number of thiophene rings is 2. The maximum absolute atomic E-state index is 5.18. The number of rotatable bonds is 3. The van der Waals surface area contributed by atoms with E-state index in [9.17, 15) is 0 Å². The summed E-state index contributed by atoms with van der Waals surface area (Å²) in [6.45, 7) is 0. The fraction of sp³-hybridized carbons (Fsp3) is 0. The van der Waals surface area contributed by atoms with Gasteiger partial charge in [-0.25, -0.2) is 15.0 Å². The summed E-state index contributed by atoms with van der Waals surface area (Å²) in [6, 6.07) is 37.5. The van der Waals surface area contributed by atoms with E-state index < -0.39 is 0 Å². The van der Waals surface area contributed by atoms with Crippen LogP contribution >= 0.6 is 22.7 Å². The lowest BCUT2D eigenvalue weighted by molar-refractivity contribution is 0.955. The number of hydrogen-bond acceptors (Lipinski definition) is 7. The molecule has 5 aromatic carbocycles. The Hall–Kier alpha value is -5.57. The molecule has 0 fully saturated rings. The van der Waals surface area contributed by atoms with E-state index >= 15 is 0 Å². The summed E-state index contributed by atoms with van der Waals surface area (Å²) in [5, 5.41) is 5.98. The fourth-order valence-corrected chi connectivity index (χ4v) is 9.03. The standard InChI is InChI=1S/C37H20N6S2/c1-3-11-21(12-4-1)35-40-36(22-13-5-2-6-14-22)42-37(41-35)43-25-17-9-7-15-23(25)28-32(43)30-31-27(19-38-20-39-31)45-34(30)29-24-16-8-10-18-26(24)44-33(28)29/h1-20H. The predicted molar refractivity (Wildman–Crippen MR) is 186 cm³/mol. The van der Waals surface area contributed by atoms with Crippen molar-refractivity contribution in [1.29, 1.82) is 0 Å². The van der Waals surface area contributed by atoms with Crippen LogP contribution in [-0.2, 0) is 0 Å². The van der Waals surface area contributed by atoms with Gasteiger partial charge in [-0.05, 0) is 12.1 Å². The first-order chi connectivity index (χ1) is 22.3. The Kier molecular flexibility index (Phi) is 5.22. The van der Waals surface area contributed by atoms with Gasteiger partial charge in [-0.1, -0.05) is 97.1 Å². The molecule has 0 spiro atoms.